The van der Waals surface area contributed by atoms with Crippen LogP contribution in [0.25, 0.3) is 16.8 Å². The number of nitrogens with zero attached hydrogens (tertiary/aromatic N) is 2. The molecule has 0 fully saturated rings. The minimum absolute atomic E-state index is 0.281. The summed E-state index contributed by atoms with van der Waals surface area (Å²) in [6.07, 6.45) is 3.68. The van der Waals surface area contributed by atoms with Crippen LogP contribution in [0.1, 0.15) is 23.6 Å². The lowest BCUT2D eigenvalue weighted by Crippen LogP contribution is -1.97. The zero-order chi connectivity index (χ0) is 17.8. The number of aromatic nitrogens is 1. The Morgan fingerprint density at radius 1 is 1.08 bits per heavy atom. The number of hydrogen-bond acceptors (Lipinski definition) is 2. The van der Waals surface area contributed by atoms with Gasteiger partial charge in [0, 0.05) is 22.9 Å². The van der Waals surface area contributed by atoms with Crippen molar-refractivity contribution in [2.75, 3.05) is 0 Å². The Morgan fingerprint density at radius 2 is 1.84 bits per heavy atom. The summed E-state index contributed by atoms with van der Waals surface area (Å²) < 4.78 is 14.5. The third-order valence-corrected chi connectivity index (χ3v) is 4.13. The third kappa shape index (κ3) is 3.26. The summed E-state index contributed by atoms with van der Waals surface area (Å²) in [7, 11) is 0. The van der Waals surface area contributed by atoms with Crippen molar-refractivity contribution >= 4 is 18.0 Å². The Bertz CT molecular complexity index is 958. The fraction of sp³-hybridized carbons (Fsp3) is 0.0909. The van der Waals surface area contributed by atoms with E-state index in [4.69, 9.17) is 0 Å². The Kier molecular flexibility index (Phi) is 4.85. The van der Waals surface area contributed by atoms with Gasteiger partial charge in [0.1, 0.15) is 5.82 Å². The fourth-order valence-electron chi connectivity index (χ4n) is 2.95. The molecule has 3 rings (SSSR count). The maximum Gasteiger partial charge on any atom is 0.132 e. The van der Waals surface area contributed by atoms with Crippen LogP contribution in [0, 0.1) is 12.7 Å². The van der Waals surface area contributed by atoms with E-state index in [1.807, 2.05) is 62.4 Å². The van der Waals surface area contributed by atoms with Gasteiger partial charge in [-0.25, -0.2) is 4.39 Å². The zero-order valence-corrected chi connectivity index (χ0v) is 14.3. The molecule has 25 heavy (non-hydrogen) atoms. The first-order valence-electron chi connectivity index (χ1n) is 8.10. The van der Waals surface area contributed by atoms with Crippen molar-refractivity contribution in [2.45, 2.75) is 13.8 Å². The lowest BCUT2D eigenvalue weighted by atomic mass is 9.92. The average molecular weight is 330 g/mol. The van der Waals surface area contributed by atoms with Crippen LogP contribution >= 0.6 is 0 Å². The molecule has 0 saturated carbocycles. The standard InChI is InChI=1S/C22H19FN2/c1-4-16(17-8-5-6-10-21(17)24-3)18-9-7-13-25-22(18)19-14-15(2)11-12-20(19)23/h4-14H,3H2,1-2H3/b16-4+. The van der Waals surface area contributed by atoms with Gasteiger partial charge in [0.2, 0.25) is 0 Å². The second-order valence-electron chi connectivity index (χ2n) is 5.76. The molecule has 2 aromatic carbocycles. The van der Waals surface area contributed by atoms with Crippen molar-refractivity contribution in [1.29, 1.82) is 0 Å². The van der Waals surface area contributed by atoms with E-state index in [2.05, 4.69) is 16.7 Å². The van der Waals surface area contributed by atoms with Crippen molar-refractivity contribution < 1.29 is 4.39 Å². The lowest BCUT2D eigenvalue weighted by Gasteiger charge is -2.15. The van der Waals surface area contributed by atoms with Crippen molar-refractivity contribution in [1.82, 2.24) is 4.98 Å². The van der Waals surface area contributed by atoms with E-state index in [9.17, 15) is 4.39 Å². The number of pyridine rings is 1. The molecule has 0 aliphatic heterocycles. The minimum Gasteiger partial charge on any atom is -0.264 e. The minimum atomic E-state index is -0.281. The summed E-state index contributed by atoms with van der Waals surface area (Å²) in [5, 5.41) is 0. The van der Waals surface area contributed by atoms with Crippen LogP contribution < -0.4 is 0 Å². The van der Waals surface area contributed by atoms with Gasteiger partial charge in [-0.2, -0.15) is 0 Å². The lowest BCUT2D eigenvalue weighted by molar-refractivity contribution is 0.630. The van der Waals surface area contributed by atoms with Crippen LogP contribution in [0.2, 0.25) is 0 Å². The van der Waals surface area contributed by atoms with Gasteiger partial charge in [-0.05, 0) is 50.4 Å². The van der Waals surface area contributed by atoms with Crippen molar-refractivity contribution in [3.05, 3.63) is 89.4 Å². The normalized spacial score (nSPS) is 11.4. The molecule has 124 valence electrons. The monoisotopic (exact) mass is 330 g/mol. The van der Waals surface area contributed by atoms with E-state index >= 15 is 0 Å². The first-order valence-corrected chi connectivity index (χ1v) is 8.10. The van der Waals surface area contributed by atoms with Crippen LogP contribution in [-0.2, 0) is 0 Å². The second-order valence-corrected chi connectivity index (χ2v) is 5.76. The summed E-state index contributed by atoms with van der Waals surface area (Å²) in [6.45, 7) is 7.56. The van der Waals surface area contributed by atoms with Crippen LogP contribution in [0.5, 0.6) is 0 Å². The van der Waals surface area contributed by atoms with Gasteiger partial charge >= 0.3 is 0 Å². The summed E-state index contributed by atoms with van der Waals surface area (Å²) in [5.41, 5.74) is 5.66. The number of benzene rings is 2. The van der Waals surface area contributed by atoms with Crippen molar-refractivity contribution in [2.24, 2.45) is 4.99 Å². The molecule has 1 heterocycles. The summed E-state index contributed by atoms with van der Waals surface area (Å²) in [6, 6.07) is 16.7. The molecule has 3 heteroatoms. The van der Waals surface area contributed by atoms with Crippen molar-refractivity contribution in [3.8, 4) is 11.3 Å². The highest BCUT2D eigenvalue weighted by Gasteiger charge is 2.16. The maximum atomic E-state index is 14.5. The summed E-state index contributed by atoms with van der Waals surface area (Å²) in [5.74, 6) is -0.281. The number of halogens is 1. The van der Waals surface area contributed by atoms with Gasteiger partial charge in [-0.3, -0.25) is 9.98 Å². The molecule has 0 bridgehead atoms. The van der Waals surface area contributed by atoms with Gasteiger partial charge in [0.25, 0.3) is 0 Å². The first kappa shape index (κ1) is 16.8. The Labute approximate surface area is 147 Å². The van der Waals surface area contributed by atoms with E-state index in [-0.39, 0.29) is 5.82 Å². The number of rotatable bonds is 4. The highest BCUT2D eigenvalue weighted by atomic mass is 19.1. The van der Waals surface area contributed by atoms with Crippen molar-refractivity contribution in [3.63, 3.8) is 0 Å². The topological polar surface area (TPSA) is 25.2 Å². The third-order valence-electron chi connectivity index (χ3n) is 4.13. The van der Waals surface area contributed by atoms with E-state index in [1.165, 1.54) is 6.07 Å². The molecule has 1 aromatic heterocycles. The average Bonchev–Trinajstić information content (AvgIpc) is 2.65. The number of allylic oxidation sites excluding steroid dienone is 1. The SMILES string of the molecule is C=Nc1ccccc1/C(=C\C)c1cccnc1-c1cc(C)ccc1F. The predicted molar refractivity (Wildman–Crippen MR) is 103 cm³/mol. The van der Waals surface area contributed by atoms with Crippen LogP contribution in [0.3, 0.4) is 0 Å². The molecule has 0 saturated heterocycles. The smallest absolute Gasteiger partial charge is 0.132 e. The molecule has 2 nitrogen and oxygen atoms in total. The Morgan fingerprint density at radius 3 is 2.60 bits per heavy atom. The molecule has 3 aromatic rings. The van der Waals surface area contributed by atoms with E-state index < -0.39 is 0 Å². The molecular formula is C22H19FN2. The Balaban J connectivity index is 2.24. The number of para-hydroxylation sites is 1. The molecule has 0 aliphatic carbocycles. The first-order chi connectivity index (χ1) is 12.2. The molecule has 0 spiro atoms. The molecular weight excluding hydrogens is 311 g/mol. The van der Waals surface area contributed by atoms with Gasteiger partial charge in [0.15, 0.2) is 0 Å². The summed E-state index contributed by atoms with van der Waals surface area (Å²) >= 11 is 0. The molecule has 0 N–H and O–H groups in total. The highest BCUT2D eigenvalue weighted by Crippen LogP contribution is 2.36. The van der Waals surface area contributed by atoms with Crippen LogP contribution in [-0.4, -0.2) is 11.7 Å². The Hall–Kier alpha value is -3.07. The van der Waals surface area contributed by atoms with Gasteiger partial charge in [-0.15, -0.1) is 0 Å². The van der Waals surface area contributed by atoms with E-state index in [0.29, 0.717) is 11.3 Å². The van der Waals surface area contributed by atoms with E-state index in [1.54, 1.807) is 12.3 Å². The van der Waals surface area contributed by atoms with Gasteiger partial charge in [-0.1, -0.05) is 42.0 Å². The van der Waals surface area contributed by atoms with Crippen LogP contribution in [0.4, 0.5) is 10.1 Å². The number of aryl methyl sites for hydroxylation is 1. The molecule has 0 radical (unpaired) electrons. The molecule has 0 unspecified atom stereocenters. The largest absolute Gasteiger partial charge is 0.264 e. The zero-order valence-electron chi connectivity index (χ0n) is 14.3. The maximum absolute atomic E-state index is 14.5. The quantitative estimate of drug-likeness (QED) is 0.540. The fourth-order valence-corrected chi connectivity index (χ4v) is 2.95. The van der Waals surface area contributed by atoms with Gasteiger partial charge < -0.3 is 0 Å². The number of hydrogen-bond donors (Lipinski definition) is 0. The molecule has 0 amide bonds. The highest BCUT2D eigenvalue weighted by molar-refractivity contribution is 5.91. The second kappa shape index (κ2) is 7.22. The molecule has 0 atom stereocenters. The predicted octanol–water partition coefficient (Wildman–Crippen LogP) is 5.98. The van der Waals surface area contributed by atoms with E-state index in [0.717, 1.165) is 28.0 Å². The summed E-state index contributed by atoms with van der Waals surface area (Å²) in [4.78, 5) is 8.59. The number of aliphatic imine (C=N–C) groups is 1. The van der Waals surface area contributed by atoms with Crippen LogP contribution in [0.15, 0.2) is 71.9 Å². The van der Waals surface area contributed by atoms with Gasteiger partial charge in [0.05, 0.1) is 11.4 Å². The molecule has 0 aliphatic rings.